The molecule has 0 aromatic carbocycles. The molecule has 0 radical (unpaired) electrons. The highest BCUT2D eigenvalue weighted by atomic mass is 32.1. The van der Waals surface area contributed by atoms with Gasteiger partial charge in [0.25, 0.3) is 0 Å². The molecule has 3 rings (SSSR count). The molecule has 2 unspecified atom stereocenters. The first-order valence-electron chi connectivity index (χ1n) is 4.88. The van der Waals surface area contributed by atoms with Crippen molar-refractivity contribution in [1.82, 2.24) is 0 Å². The fourth-order valence-corrected chi connectivity index (χ4v) is 4.39. The summed E-state index contributed by atoms with van der Waals surface area (Å²) in [5, 5.41) is 0. The molecule has 0 bridgehead atoms. The minimum atomic E-state index is 0.386. The molecular weight excluding hydrogens is 152 g/mol. The number of rotatable bonds is 0. The standard InChI is InChI=1S/C10H16S/c1-10(11)4-7-2-6-3-8(5-10)9(6)7/h6-9,11H,2-5H2,1H3. The lowest BCUT2D eigenvalue weighted by atomic mass is 9.42. The van der Waals surface area contributed by atoms with E-state index < -0.39 is 0 Å². The molecule has 0 N–H and O–H groups in total. The second-order valence-corrected chi connectivity index (χ2v) is 6.31. The van der Waals surface area contributed by atoms with E-state index >= 15 is 0 Å². The van der Waals surface area contributed by atoms with E-state index in [4.69, 9.17) is 12.6 Å². The Morgan fingerprint density at radius 1 is 1.09 bits per heavy atom. The highest BCUT2D eigenvalue weighted by Gasteiger charge is 2.58. The third kappa shape index (κ3) is 0.783. The summed E-state index contributed by atoms with van der Waals surface area (Å²) in [6.07, 6.45) is 5.87. The Bertz CT molecular complexity index is 179. The summed E-state index contributed by atoms with van der Waals surface area (Å²) in [4.78, 5) is 0. The molecule has 0 aliphatic heterocycles. The van der Waals surface area contributed by atoms with E-state index in [9.17, 15) is 0 Å². The molecule has 3 aliphatic carbocycles. The van der Waals surface area contributed by atoms with Crippen LogP contribution in [0.25, 0.3) is 0 Å². The molecule has 2 atom stereocenters. The van der Waals surface area contributed by atoms with E-state index in [-0.39, 0.29) is 0 Å². The normalized spacial score (nSPS) is 66.0. The molecule has 0 heterocycles. The monoisotopic (exact) mass is 168 g/mol. The Morgan fingerprint density at radius 3 is 2.09 bits per heavy atom. The first-order valence-corrected chi connectivity index (χ1v) is 5.33. The SMILES string of the molecule is CC1(S)CC2CC3CC(C1)C32. The Morgan fingerprint density at radius 2 is 1.64 bits per heavy atom. The van der Waals surface area contributed by atoms with E-state index in [2.05, 4.69) is 6.92 Å². The van der Waals surface area contributed by atoms with Crippen LogP contribution < -0.4 is 0 Å². The highest BCUT2D eigenvalue weighted by molar-refractivity contribution is 7.81. The maximum Gasteiger partial charge on any atom is 0.0107 e. The second-order valence-electron chi connectivity index (χ2n) is 5.23. The number of hydrogen-bond donors (Lipinski definition) is 1. The summed E-state index contributed by atoms with van der Waals surface area (Å²) >= 11 is 4.74. The fourth-order valence-electron chi connectivity index (χ4n) is 3.92. The van der Waals surface area contributed by atoms with Gasteiger partial charge >= 0.3 is 0 Å². The van der Waals surface area contributed by atoms with Gasteiger partial charge in [0.05, 0.1) is 0 Å². The molecule has 0 aromatic heterocycles. The van der Waals surface area contributed by atoms with Gasteiger partial charge in [-0.3, -0.25) is 0 Å². The van der Waals surface area contributed by atoms with Gasteiger partial charge in [0.2, 0.25) is 0 Å². The van der Waals surface area contributed by atoms with Crippen LogP contribution in [0.15, 0.2) is 0 Å². The van der Waals surface area contributed by atoms with Gasteiger partial charge in [0.1, 0.15) is 0 Å². The van der Waals surface area contributed by atoms with E-state index in [0.29, 0.717) is 4.75 Å². The van der Waals surface area contributed by atoms with Crippen LogP contribution in [0.1, 0.15) is 32.6 Å². The first kappa shape index (κ1) is 6.82. The van der Waals surface area contributed by atoms with Gasteiger partial charge in [0, 0.05) is 4.75 Å². The molecule has 3 saturated carbocycles. The van der Waals surface area contributed by atoms with Gasteiger partial charge in [-0.25, -0.2) is 0 Å². The largest absolute Gasteiger partial charge is 0.173 e. The van der Waals surface area contributed by atoms with Crippen molar-refractivity contribution in [2.45, 2.75) is 37.4 Å². The van der Waals surface area contributed by atoms with Crippen LogP contribution in [-0.2, 0) is 0 Å². The number of hydrogen-bond acceptors (Lipinski definition) is 1. The maximum absolute atomic E-state index is 4.74. The van der Waals surface area contributed by atoms with Crippen LogP contribution in [0.4, 0.5) is 0 Å². The summed E-state index contributed by atoms with van der Waals surface area (Å²) in [5.74, 6) is 4.48. The summed E-state index contributed by atoms with van der Waals surface area (Å²) in [6, 6.07) is 0. The van der Waals surface area contributed by atoms with Crippen LogP contribution >= 0.6 is 12.6 Å². The molecular formula is C10H16S. The average Bonchev–Trinajstić information content (AvgIpc) is 1.77. The molecule has 1 heteroatoms. The minimum Gasteiger partial charge on any atom is -0.173 e. The van der Waals surface area contributed by atoms with Crippen molar-refractivity contribution >= 4 is 12.6 Å². The van der Waals surface area contributed by atoms with Gasteiger partial charge in [-0.05, 0) is 49.4 Å². The van der Waals surface area contributed by atoms with E-state index in [1.807, 2.05) is 0 Å². The lowest BCUT2D eigenvalue weighted by molar-refractivity contribution is -0.128. The predicted molar refractivity (Wildman–Crippen MR) is 49.8 cm³/mol. The summed E-state index contributed by atoms with van der Waals surface area (Å²) in [6.45, 7) is 2.33. The number of thiol groups is 1. The molecule has 0 saturated heterocycles. The lowest BCUT2D eigenvalue weighted by Crippen LogP contribution is -2.58. The quantitative estimate of drug-likeness (QED) is 0.528. The van der Waals surface area contributed by atoms with Gasteiger partial charge < -0.3 is 0 Å². The second kappa shape index (κ2) is 1.81. The zero-order valence-corrected chi connectivity index (χ0v) is 7.98. The molecule has 0 aromatic rings. The maximum atomic E-state index is 4.74. The fraction of sp³-hybridized carbons (Fsp3) is 1.00. The van der Waals surface area contributed by atoms with Crippen molar-refractivity contribution in [2.24, 2.45) is 23.7 Å². The van der Waals surface area contributed by atoms with E-state index in [1.165, 1.54) is 25.7 Å². The molecule has 3 fully saturated rings. The Balaban J connectivity index is 1.82. The van der Waals surface area contributed by atoms with Crippen molar-refractivity contribution in [2.75, 3.05) is 0 Å². The summed E-state index contributed by atoms with van der Waals surface area (Å²) in [5.41, 5.74) is 0. The van der Waals surface area contributed by atoms with Crippen molar-refractivity contribution in [3.05, 3.63) is 0 Å². The smallest absolute Gasteiger partial charge is 0.0107 e. The highest BCUT2D eigenvalue weighted by Crippen LogP contribution is 2.65. The van der Waals surface area contributed by atoms with Crippen LogP contribution in [0.3, 0.4) is 0 Å². The zero-order chi connectivity index (χ0) is 7.64. The van der Waals surface area contributed by atoms with Crippen LogP contribution in [0, 0.1) is 23.7 Å². The molecule has 3 aliphatic rings. The molecule has 0 nitrogen and oxygen atoms in total. The van der Waals surface area contributed by atoms with Crippen LogP contribution in [0.5, 0.6) is 0 Å². The Kier molecular flexibility index (Phi) is 1.12. The van der Waals surface area contributed by atoms with Crippen LogP contribution in [-0.4, -0.2) is 4.75 Å². The van der Waals surface area contributed by atoms with E-state index in [0.717, 1.165) is 23.7 Å². The third-order valence-corrected chi connectivity index (χ3v) is 4.61. The minimum absolute atomic E-state index is 0.386. The van der Waals surface area contributed by atoms with Crippen molar-refractivity contribution in [1.29, 1.82) is 0 Å². The Labute approximate surface area is 74.2 Å². The molecule has 0 spiro atoms. The predicted octanol–water partition coefficient (Wildman–Crippen LogP) is 2.74. The summed E-state index contributed by atoms with van der Waals surface area (Å²) < 4.78 is 0.386. The zero-order valence-electron chi connectivity index (χ0n) is 7.09. The lowest BCUT2D eigenvalue weighted by Gasteiger charge is -2.64. The third-order valence-electron chi connectivity index (χ3n) is 4.25. The molecule has 0 amide bonds. The Hall–Kier alpha value is 0.350. The van der Waals surface area contributed by atoms with Crippen molar-refractivity contribution in [3.63, 3.8) is 0 Å². The summed E-state index contributed by atoms with van der Waals surface area (Å²) in [7, 11) is 0. The van der Waals surface area contributed by atoms with Gasteiger partial charge in [-0.15, -0.1) is 0 Å². The first-order chi connectivity index (χ1) is 5.16. The topological polar surface area (TPSA) is 0 Å². The molecule has 11 heavy (non-hydrogen) atoms. The molecule has 62 valence electrons. The van der Waals surface area contributed by atoms with Crippen molar-refractivity contribution < 1.29 is 0 Å². The van der Waals surface area contributed by atoms with Gasteiger partial charge in [-0.1, -0.05) is 6.92 Å². The van der Waals surface area contributed by atoms with Crippen LogP contribution in [0.2, 0.25) is 0 Å². The van der Waals surface area contributed by atoms with Gasteiger partial charge in [-0.2, -0.15) is 12.6 Å². The average molecular weight is 168 g/mol. The van der Waals surface area contributed by atoms with Crippen molar-refractivity contribution in [3.8, 4) is 0 Å². The van der Waals surface area contributed by atoms with Gasteiger partial charge in [0.15, 0.2) is 0 Å². The van der Waals surface area contributed by atoms with E-state index in [1.54, 1.807) is 0 Å².